The lowest BCUT2D eigenvalue weighted by Gasteiger charge is -2.29. The zero-order valence-corrected chi connectivity index (χ0v) is 13.4. The van der Waals surface area contributed by atoms with Gasteiger partial charge in [-0.25, -0.2) is 0 Å². The van der Waals surface area contributed by atoms with Crippen molar-refractivity contribution in [1.82, 2.24) is 5.32 Å². The molecule has 0 amide bonds. The van der Waals surface area contributed by atoms with Gasteiger partial charge in [0.2, 0.25) is 0 Å². The summed E-state index contributed by atoms with van der Waals surface area (Å²) in [6.07, 6.45) is 4.88. The summed E-state index contributed by atoms with van der Waals surface area (Å²) in [7, 11) is 3.73. The van der Waals surface area contributed by atoms with Gasteiger partial charge in [0.05, 0.1) is 12.7 Å². The van der Waals surface area contributed by atoms with Crippen molar-refractivity contribution in [3.8, 4) is 11.5 Å². The van der Waals surface area contributed by atoms with Crippen LogP contribution in [0.4, 0.5) is 0 Å². The summed E-state index contributed by atoms with van der Waals surface area (Å²) in [5, 5.41) is 3.15. The van der Waals surface area contributed by atoms with Crippen LogP contribution in [-0.4, -0.2) is 33.0 Å². The highest BCUT2D eigenvalue weighted by atomic mass is 16.5. The first-order valence-corrected chi connectivity index (χ1v) is 7.86. The first-order valence-electron chi connectivity index (χ1n) is 7.86. The van der Waals surface area contributed by atoms with E-state index in [-0.39, 0.29) is 6.10 Å². The van der Waals surface area contributed by atoms with E-state index in [0.29, 0.717) is 12.7 Å². The highest BCUT2D eigenvalue weighted by molar-refractivity contribution is 5.43. The molecule has 4 nitrogen and oxygen atoms in total. The van der Waals surface area contributed by atoms with Crippen molar-refractivity contribution in [1.29, 1.82) is 0 Å². The second-order valence-electron chi connectivity index (χ2n) is 5.51. The van der Waals surface area contributed by atoms with Crippen molar-refractivity contribution in [3.05, 3.63) is 23.8 Å². The number of methoxy groups -OCH3 is 1. The lowest BCUT2D eigenvalue weighted by molar-refractivity contribution is 0.0200. The van der Waals surface area contributed by atoms with Crippen molar-refractivity contribution in [2.24, 2.45) is 0 Å². The van der Waals surface area contributed by atoms with Gasteiger partial charge in [0, 0.05) is 20.1 Å². The van der Waals surface area contributed by atoms with Crippen molar-refractivity contribution in [2.45, 2.75) is 51.4 Å². The summed E-state index contributed by atoms with van der Waals surface area (Å²) in [6.45, 7) is 3.47. The maximum atomic E-state index is 6.18. The molecule has 2 atom stereocenters. The van der Waals surface area contributed by atoms with Gasteiger partial charge < -0.3 is 19.5 Å². The Morgan fingerprint density at radius 2 is 2.00 bits per heavy atom. The van der Waals surface area contributed by atoms with Crippen LogP contribution in [0.3, 0.4) is 0 Å². The van der Waals surface area contributed by atoms with E-state index in [2.05, 4.69) is 17.4 Å². The number of benzene rings is 1. The van der Waals surface area contributed by atoms with Crippen LogP contribution in [-0.2, 0) is 11.3 Å². The first-order chi connectivity index (χ1) is 10.3. The van der Waals surface area contributed by atoms with Crippen LogP contribution in [0.25, 0.3) is 0 Å². The summed E-state index contributed by atoms with van der Waals surface area (Å²) in [4.78, 5) is 0. The molecule has 1 saturated carbocycles. The van der Waals surface area contributed by atoms with Gasteiger partial charge in [-0.15, -0.1) is 0 Å². The van der Waals surface area contributed by atoms with Gasteiger partial charge >= 0.3 is 0 Å². The van der Waals surface area contributed by atoms with Crippen LogP contribution in [0.15, 0.2) is 18.2 Å². The molecule has 1 aromatic carbocycles. The minimum atomic E-state index is 0.220. The summed E-state index contributed by atoms with van der Waals surface area (Å²) < 4.78 is 17.4. The molecule has 1 aromatic rings. The van der Waals surface area contributed by atoms with Crippen molar-refractivity contribution in [2.75, 3.05) is 20.8 Å². The maximum absolute atomic E-state index is 6.18. The average molecular weight is 293 g/mol. The summed E-state index contributed by atoms with van der Waals surface area (Å²) in [5.41, 5.74) is 1.20. The van der Waals surface area contributed by atoms with Crippen LogP contribution in [0.1, 0.15) is 38.2 Å². The Morgan fingerprint density at radius 1 is 1.19 bits per heavy atom. The predicted octanol–water partition coefficient (Wildman–Crippen LogP) is 3.14. The molecule has 1 N–H and O–H groups in total. The minimum Gasteiger partial charge on any atom is -0.490 e. The fraction of sp³-hybridized carbons (Fsp3) is 0.647. The largest absolute Gasteiger partial charge is 0.490 e. The average Bonchev–Trinajstić information content (AvgIpc) is 2.51. The Labute approximate surface area is 127 Å². The zero-order valence-electron chi connectivity index (χ0n) is 13.4. The lowest BCUT2D eigenvalue weighted by atomic mass is 9.95. The van der Waals surface area contributed by atoms with Crippen molar-refractivity contribution < 1.29 is 14.2 Å². The molecule has 4 heteroatoms. The van der Waals surface area contributed by atoms with E-state index in [1.54, 1.807) is 7.11 Å². The normalized spacial score (nSPS) is 22.0. The number of nitrogens with one attached hydrogen (secondary N) is 1. The molecule has 1 fully saturated rings. The Hall–Kier alpha value is -1.26. The second kappa shape index (κ2) is 8.25. The van der Waals surface area contributed by atoms with Crippen LogP contribution in [0.2, 0.25) is 0 Å². The van der Waals surface area contributed by atoms with Crippen LogP contribution in [0.5, 0.6) is 11.5 Å². The molecule has 118 valence electrons. The molecular formula is C17H27NO3. The Kier molecular flexibility index (Phi) is 6.33. The molecule has 0 bridgehead atoms. The highest BCUT2D eigenvalue weighted by Crippen LogP contribution is 2.32. The van der Waals surface area contributed by atoms with E-state index in [0.717, 1.165) is 43.7 Å². The number of hydrogen-bond donors (Lipinski definition) is 1. The van der Waals surface area contributed by atoms with E-state index in [1.165, 1.54) is 5.56 Å². The van der Waals surface area contributed by atoms with E-state index in [9.17, 15) is 0 Å². The maximum Gasteiger partial charge on any atom is 0.161 e. The van der Waals surface area contributed by atoms with Crippen molar-refractivity contribution in [3.63, 3.8) is 0 Å². The van der Waals surface area contributed by atoms with Gasteiger partial charge in [-0.3, -0.25) is 0 Å². The van der Waals surface area contributed by atoms with E-state index < -0.39 is 0 Å². The summed E-state index contributed by atoms with van der Waals surface area (Å²) in [5.74, 6) is 1.68. The minimum absolute atomic E-state index is 0.220. The van der Waals surface area contributed by atoms with E-state index in [4.69, 9.17) is 14.2 Å². The van der Waals surface area contributed by atoms with Gasteiger partial charge in [-0.05, 0) is 50.9 Å². The molecule has 21 heavy (non-hydrogen) atoms. The molecule has 2 rings (SSSR count). The standard InChI is InChI=1S/C17H27NO3/c1-4-20-17-10-13(12-18-2)8-9-16(17)21-15-7-5-6-14(11-15)19-3/h8-10,14-15,18H,4-7,11-12H2,1-3H3. The third kappa shape index (κ3) is 4.61. The lowest BCUT2D eigenvalue weighted by Crippen LogP contribution is -2.29. The molecule has 0 saturated heterocycles. The smallest absolute Gasteiger partial charge is 0.161 e. The molecule has 1 aliphatic carbocycles. The topological polar surface area (TPSA) is 39.7 Å². The molecule has 0 radical (unpaired) electrons. The predicted molar refractivity (Wildman–Crippen MR) is 84.1 cm³/mol. The van der Waals surface area contributed by atoms with Crippen LogP contribution >= 0.6 is 0 Å². The first kappa shape index (κ1) is 16.1. The fourth-order valence-electron chi connectivity index (χ4n) is 2.84. The van der Waals surface area contributed by atoms with Gasteiger partial charge in [0.15, 0.2) is 11.5 Å². The van der Waals surface area contributed by atoms with Gasteiger partial charge in [-0.2, -0.15) is 0 Å². The third-order valence-corrected chi connectivity index (χ3v) is 3.89. The van der Waals surface area contributed by atoms with Crippen LogP contribution in [0, 0.1) is 0 Å². The molecule has 0 aliphatic heterocycles. The highest BCUT2D eigenvalue weighted by Gasteiger charge is 2.24. The molecule has 0 aromatic heterocycles. The Bertz CT molecular complexity index is 436. The number of rotatable bonds is 7. The van der Waals surface area contributed by atoms with E-state index in [1.807, 2.05) is 20.0 Å². The van der Waals surface area contributed by atoms with Crippen molar-refractivity contribution >= 4 is 0 Å². The monoisotopic (exact) mass is 293 g/mol. The Balaban J connectivity index is 2.07. The number of hydrogen-bond acceptors (Lipinski definition) is 4. The van der Waals surface area contributed by atoms with Crippen LogP contribution < -0.4 is 14.8 Å². The summed E-state index contributed by atoms with van der Waals surface area (Å²) in [6, 6.07) is 6.17. The fourth-order valence-corrected chi connectivity index (χ4v) is 2.84. The van der Waals surface area contributed by atoms with Gasteiger partial charge in [-0.1, -0.05) is 6.07 Å². The third-order valence-electron chi connectivity index (χ3n) is 3.89. The zero-order chi connectivity index (χ0) is 15.1. The molecule has 0 spiro atoms. The SMILES string of the molecule is CCOc1cc(CNC)ccc1OC1CCCC(OC)C1. The second-order valence-corrected chi connectivity index (χ2v) is 5.51. The summed E-state index contributed by atoms with van der Waals surface area (Å²) >= 11 is 0. The molecule has 2 unspecified atom stereocenters. The Morgan fingerprint density at radius 3 is 2.71 bits per heavy atom. The van der Waals surface area contributed by atoms with Gasteiger partial charge in [0.25, 0.3) is 0 Å². The van der Waals surface area contributed by atoms with Gasteiger partial charge in [0.1, 0.15) is 6.10 Å². The molecule has 0 heterocycles. The van der Waals surface area contributed by atoms with E-state index >= 15 is 0 Å². The quantitative estimate of drug-likeness (QED) is 0.838. The number of ether oxygens (including phenoxy) is 3. The molecular weight excluding hydrogens is 266 g/mol. The molecule has 1 aliphatic rings.